The van der Waals surface area contributed by atoms with Crippen molar-refractivity contribution in [1.29, 1.82) is 0 Å². The lowest BCUT2D eigenvalue weighted by Gasteiger charge is -2.27. The van der Waals surface area contributed by atoms with Crippen LogP contribution in [0.1, 0.15) is 24.1 Å². The van der Waals surface area contributed by atoms with E-state index in [0.29, 0.717) is 0 Å². The maximum absolute atomic E-state index is 13.0. The van der Waals surface area contributed by atoms with Gasteiger partial charge in [0.25, 0.3) is 0 Å². The first-order valence-electron chi connectivity index (χ1n) is 9.37. The summed E-state index contributed by atoms with van der Waals surface area (Å²) in [7, 11) is 3.46. The molecule has 2 unspecified atom stereocenters. The zero-order chi connectivity index (χ0) is 19.9. The summed E-state index contributed by atoms with van der Waals surface area (Å²) in [6, 6.07) is 27.3. The number of carbonyl (C=O) groups excluding carboxylic acids is 1. The van der Waals surface area contributed by atoms with Crippen LogP contribution < -0.4 is 15.0 Å². The Labute approximate surface area is 166 Å². The first-order chi connectivity index (χ1) is 13.6. The standard InChI is InChI=1S/C24H26N2O2/c1-18(24(27)26(2)21-12-8-5-9-13-21)25-23(19-10-6-4-7-11-19)20-14-16-22(28-3)17-15-20/h4-18,23,25H,1-3H3. The molecule has 0 radical (unpaired) electrons. The third kappa shape index (κ3) is 4.59. The Balaban J connectivity index is 1.83. The molecule has 2 atom stereocenters. The van der Waals surface area contributed by atoms with Crippen LogP contribution in [0.5, 0.6) is 5.75 Å². The van der Waals surface area contributed by atoms with E-state index in [0.717, 1.165) is 22.6 Å². The van der Waals surface area contributed by atoms with E-state index in [1.165, 1.54) is 0 Å². The van der Waals surface area contributed by atoms with Gasteiger partial charge in [-0.25, -0.2) is 0 Å². The van der Waals surface area contributed by atoms with Crippen molar-refractivity contribution >= 4 is 11.6 Å². The fourth-order valence-corrected chi connectivity index (χ4v) is 3.22. The molecule has 3 aromatic carbocycles. The van der Waals surface area contributed by atoms with Crippen LogP contribution in [-0.2, 0) is 4.79 Å². The van der Waals surface area contributed by atoms with E-state index in [1.807, 2.05) is 79.7 Å². The van der Waals surface area contributed by atoms with E-state index >= 15 is 0 Å². The Morgan fingerprint density at radius 3 is 1.96 bits per heavy atom. The predicted molar refractivity (Wildman–Crippen MR) is 114 cm³/mol. The number of nitrogens with zero attached hydrogens (tertiary/aromatic N) is 1. The van der Waals surface area contributed by atoms with E-state index in [1.54, 1.807) is 19.1 Å². The first-order valence-corrected chi connectivity index (χ1v) is 9.37. The number of ether oxygens (including phenoxy) is 1. The summed E-state index contributed by atoms with van der Waals surface area (Å²) < 4.78 is 5.27. The monoisotopic (exact) mass is 374 g/mol. The van der Waals surface area contributed by atoms with E-state index in [4.69, 9.17) is 4.74 Å². The fraction of sp³-hybridized carbons (Fsp3) is 0.208. The number of carbonyl (C=O) groups is 1. The lowest BCUT2D eigenvalue weighted by atomic mass is 9.97. The van der Waals surface area contributed by atoms with Gasteiger partial charge in [0.15, 0.2) is 0 Å². The predicted octanol–water partition coefficient (Wildman–Crippen LogP) is 4.43. The molecule has 28 heavy (non-hydrogen) atoms. The highest BCUT2D eigenvalue weighted by Crippen LogP contribution is 2.25. The summed E-state index contributed by atoms with van der Waals surface area (Å²) in [5, 5.41) is 3.51. The Morgan fingerprint density at radius 1 is 0.857 bits per heavy atom. The van der Waals surface area contributed by atoms with Crippen molar-refractivity contribution in [3.63, 3.8) is 0 Å². The number of likely N-dealkylation sites (N-methyl/N-ethyl adjacent to an activating group) is 1. The molecular formula is C24H26N2O2. The van der Waals surface area contributed by atoms with Gasteiger partial charge < -0.3 is 9.64 Å². The van der Waals surface area contributed by atoms with Crippen LogP contribution in [0.3, 0.4) is 0 Å². The van der Waals surface area contributed by atoms with Crippen LogP contribution in [0, 0.1) is 0 Å². The van der Waals surface area contributed by atoms with Gasteiger partial charge in [-0.1, -0.05) is 60.7 Å². The number of amides is 1. The highest BCUT2D eigenvalue weighted by atomic mass is 16.5. The van der Waals surface area contributed by atoms with Crippen molar-refractivity contribution in [3.05, 3.63) is 96.1 Å². The fourth-order valence-electron chi connectivity index (χ4n) is 3.22. The van der Waals surface area contributed by atoms with Crippen LogP contribution >= 0.6 is 0 Å². The van der Waals surface area contributed by atoms with Gasteiger partial charge in [0.2, 0.25) is 5.91 Å². The highest BCUT2D eigenvalue weighted by Gasteiger charge is 2.23. The summed E-state index contributed by atoms with van der Waals surface area (Å²) in [5.74, 6) is 0.823. The van der Waals surface area contributed by atoms with Gasteiger partial charge in [0.1, 0.15) is 5.75 Å². The number of benzene rings is 3. The molecular weight excluding hydrogens is 348 g/mol. The second-order valence-corrected chi connectivity index (χ2v) is 6.74. The highest BCUT2D eigenvalue weighted by molar-refractivity contribution is 5.96. The van der Waals surface area contributed by atoms with Crippen LogP contribution in [0.15, 0.2) is 84.9 Å². The summed E-state index contributed by atoms with van der Waals surface area (Å²) in [6.07, 6.45) is 0. The largest absolute Gasteiger partial charge is 0.497 e. The van der Waals surface area contributed by atoms with Gasteiger partial charge in [-0.05, 0) is 42.3 Å². The van der Waals surface area contributed by atoms with Crippen LogP contribution in [0.25, 0.3) is 0 Å². The molecule has 144 valence electrons. The summed E-state index contributed by atoms with van der Waals surface area (Å²) in [6.45, 7) is 1.90. The summed E-state index contributed by atoms with van der Waals surface area (Å²) >= 11 is 0. The lowest BCUT2D eigenvalue weighted by Crippen LogP contribution is -2.44. The zero-order valence-corrected chi connectivity index (χ0v) is 16.5. The zero-order valence-electron chi connectivity index (χ0n) is 16.5. The normalized spacial score (nSPS) is 12.8. The number of para-hydroxylation sites is 1. The number of methoxy groups -OCH3 is 1. The second-order valence-electron chi connectivity index (χ2n) is 6.74. The maximum Gasteiger partial charge on any atom is 0.243 e. The summed E-state index contributed by atoms with van der Waals surface area (Å²) in [5.41, 5.74) is 3.06. The number of hydrogen-bond donors (Lipinski definition) is 1. The second kappa shape index (κ2) is 9.20. The summed E-state index contributed by atoms with van der Waals surface area (Å²) in [4.78, 5) is 14.7. The van der Waals surface area contributed by atoms with Gasteiger partial charge in [-0.15, -0.1) is 0 Å². The molecule has 0 bridgehead atoms. The van der Waals surface area contributed by atoms with Crippen molar-refractivity contribution < 1.29 is 9.53 Å². The quantitative estimate of drug-likeness (QED) is 0.665. The minimum Gasteiger partial charge on any atom is -0.497 e. The Morgan fingerprint density at radius 2 is 1.39 bits per heavy atom. The molecule has 0 fully saturated rings. The molecule has 4 nitrogen and oxygen atoms in total. The van der Waals surface area contributed by atoms with Gasteiger partial charge >= 0.3 is 0 Å². The molecule has 4 heteroatoms. The van der Waals surface area contributed by atoms with E-state index in [-0.39, 0.29) is 18.0 Å². The number of rotatable bonds is 7. The molecule has 1 N–H and O–H groups in total. The number of hydrogen-bond acceptors (Lipinski definition) is 3. The van der Waals surface area contributed by atoms with E-state index in [9.17, 15) is 4.79 Å². The van der Waals surface area contributed by atoms with Gasteiger partial charge in [0.05, 0.1) is 19.2 Å². The molecule has 3 aromatic rings. The van der Waals surface area contributed by atoms with Crippen LogP contribution in [0.4, 0.5) is 5.69 Å². The van der Waals surface area contributed by atoms with Crippen molar-refractivity contribution in [3.8, 4) is 5.75 Å². The van der Waals surface area contributed by atoms with Crippen molar-refractivity contribution in [2.24, 2.45) is 0 Å². The molecule has 0 saturated carbocycles. The molecule has 0 spiro atoms. The van der Waals surface area contributed by atoms with Gasteiger partial charge in [-0.2, -0.15) is 0 Å². The minimum absolute atomic E-state index is 0.0145. The van der Waals surface area contributed by atoms with E-state index in [2.05, 4.69) is 17.4 Å². The molecule has 0 aliphatic heterocycles. The Bertz CT molecular complexity index is 879. The number of anilines is 1. The topological polar surface area (TPSA) is 41.6 Å². The molecule has 0 saturated heterocycles. The molecule has 0 aliphatic rings. The molecule has 0 aliphatic carbocycles. The van der Waals surface area contributed by atoms with Crippen molar-refractivity contribution in [2.45, 2.75) is 19.0 Å². The average Bonchev–Trinajstić information content (AvgIpc) is 2.77. The third-order valence-corrected chi connectivity index (χ3v) is 4.84. The Kier molecular flexibility index (Phi) is 6.45. The molecule has 1 amide bonds. The average molecular weight is 374 g/mol. The van der Waals surface area contributed by atoms with Crippen LogP contribution in [0.2, 0.25) is 0 Å². The third-order valence-electron chi connectivity index (χ3n) is 4.84. The smallest absolute Gasteiger partial charge is 0.243 e. The number of nitrogens with one attached hydrogen (secondary N) is 1. The maximum atomic E-state index is 13.0. The minimum atomic E-state index is -0.363. The van der Waals surface area contributed by atoms with Crippen LogP contribution in [-0.4, -0.2) is 26.1 Å². The van der Waals surface area contributed by atoms with E-state index < -0.39 is 0 Å². The van der Waals surface area contributed by atoms with Crippen molar-refractivity contribution in [1.82, 2.24) is 5.32 Å². The first kappa shape index (κ1) is 19.6. The van der Waals surface area contributed by atoms with Crippen molar-refractivity contribution in [2.75, 3.05) is 19.1 Å². The lowest BCUT2D eigenvalue weighted by molar-refractivity contribution is -0.120. The molecule has 3 rings (SSSR count). The van der Waals surface area contributed by atoms with Gasteiger partial charge in [-0.3, -0.25) is 10.1 Å². The molecule has 0 heterocycles. The Hall–Kier alpha value is -3.11. The molecule has 0 aromatic heterocycles. The SMILES string of the molecule is COc1ccc(C(NC(C)C(=O)N(C)c2ccccc2)c2ccccc2)cc1. The van der Waals surface area contributed by atoms with Gasteiger partial charge in [0, 0.05) is 12.7 Å².